The summed E-state index contributed by atoms with van der Waals surface area (Å²) < 4.78 is 0. The Hall–Kier alpha value is -3.53. The molecule has 0 radical (unpaired) electrons. The lowest BCUT2D eigenvalue weighted by atomic mass is 10.0. The van der Waals surface area contributed by atoms with Crippen LogP contribution in [0.25, 0.3) is 11.0 Å². The van der Waals surface area contributed by atoms with E-state index in [-0.39, 0.29) is 11.8 Å². The summed E-state index contributed by atoms with van der Waals surface area (Å²) in [5, 5.41) is 12.7. The second-order valence-electron chi connectivity index (χ2n) is 6.79. The summed E-state index contributed by atoms with van der Waals surface area (Å²) in [5.41, 5.74) is 5.78. The number of hydrogen-bond acceptors (Lipinski definition) is 6. The summed E-state index contributed by atoms with van der Waals surface area (Å²) in [5.74, 6) is -0.338. The molecule has 10 heteroatoms. The Labute approximate surface area is 169 Å². The van der Waals surface area contributed by atoms with Gasteiger partial charge in [0.1, 0.15) is 11.3 Å². The van der Waals surface area contributed by atoms with Gasteiger partial charge in [0.25, 0.3) is 11.8 Å². The number of H-pyrrole nitrogens is 2. The van der Waals surface area contributed by atoms with E-state index in [0.717, 1.165) is 22.3 Å². The number of aromatic amines is 2. The summed E-state index contributed by atoms with van der Waals surface area (Å²) in [6, 6.07) is 5.56. The Balaban J connectivity index is 1.30. The Kier molecular flexibility index (Phi) is 4.32. The van der Waals surface area contributed by atoms with E-state index < -0.39 is 0 Å². The van der Waals surface area contributed by atoms with Crippen LogP contribution in [0.15, 0.2) is 35.3 Å². The highest BCUT2D eigenvalue weighted by atomic mass is 32.1. The lowest BCUT2D eigenvalue weighted by Gasteiger charge is -2.26. The molecular weight excluding hydrogens is 390 g/mol. The molecule has 146 valence electrons. The van der Waals surface area contributed by atoms with Crippen LogP contribution in [0.4, 0.5) is 0 Å². The molecule has 2 amide bonds. The van der Waals surface area contributed by atoms with Crippen molar-refractivity contribution in [3.8, 4) is 0 Å². The van der Waals surface area contributed by atoms with Crippen LogP contribution < -0.4 is 5.32 Å². The molecule has 0 saturated carbocycles. The van der Waals surface area contributed by atoms with Gasteiger partial charge in [-0.15, -0.1) is 11.3 Å². The largest absolute Gasteiger partial charge is 0.345 e. The molecule has 3 N–H and O–H groups in total. The van der Waals surface area contributed by atoms with Gasteiger partial charge in [-0.05, 0) is 24.6 Å². The van der Waals surface area contributed by atoms with Crippen molar-refractivity contribution in [2.24, 2.45) is 0 Å². The highest BCUT2D eigenvalue weighted by molar-refractivity contribution is 7.07. The second kappa shape index (κ2) is 7.13. The predicted molar refractivity (Wildman–Crippen MR) is 106 cm³/mol. The van der Waals surface area contributed by atoms with Gasteiger partial charge >= 0.3 is 0 Å². The zero-order valence-electron chi connectivity index (χ0n) is 15.3. The number of hydrogen-bond donors (Lipinski definition) is 3. The maximum absolute atomic E-state index is 12.9. The summed E-state index contributed by atoms with van der Waals surface area (Å²) in [4.78, 5) is 38.6. The van der Waals surface area contributed by atoms with Crippen LogP contribution in [0, 0.1) is 0 Å². The van der Waals surface area contributed by atoms with Crippen molar-refractivity contribution >= 4 is 34.2 Å². The first-order valence-corrected chi connectivity index (χ1v) is 10.1. The lowest BCUT2D eigenvalue weighted by molar-refractivity contribution is 0.0727. The number of nitrogens with zero attached hydrogens (tertiary/aromatic N) is 4. The van der Waals surface area contributed by atoms with Crippen LogP contribution in [0.1, 0.15) is 37.9 Å². The van der Waals surface area contributed by atoms with E-state index in [1.54, 1.807) is 16.6 Å². The van der Waals surface area contributed by atoms with Crippen molar-refractivity contribution in [3.05, 3.63) is 63.6 Å². The molecule has 29 heavy (non-hydrogen) atoms. The average molecular weight is 407 g/mol. The Bertz CT molecular complexity index is 1160. The molecule has 0 unspecified atom stereocenters. The molecule has 0 bridgehead atoms. The first-order chi connectivity index (χ1) is 14.2. The molecule has 0 fully saturated rings. The van der Waals surface area contributed by atoms with E-state index in [4.69, 9.17) is 0 Å². The van der Waals surface area contributed by atoms with E-state index in [0.29, 0.717) is 43.1 Å². The van der Waals surface area contributed by atoms with Crippen molar-refractivity contribution in [2.75, 3.05) is 6.54 Å². The minimum Gasteiger partial charge on any atom is -0.345 e. The summed E-state index contributed by atoms with van der Waals surface area (Å²) in [6.45, 7) is 1.26. The number of carbonyl (C=O) groups excluding carboxylic acids is 2. The average Bonchev–Trinajstić information content (AvgIpc) is 3.50. The van der Waals surface area contributed by atoms with Crippen LogP contribution >= 0.6 is 11.3 Å². The zero-order chi connectivity index (χ0) is 19.8. The highest BCUT2D eigenvalue weighted by Gasteiger charge is 2.28. The van der Waals surface area contributed by atoms with Gasteiger partial charge in [0.15, 0.2) is 5.69 Å². The van der Waals surface area contributed by atoms with Gasteiger partial charge in [-0.25, -0.2) is 9.97 Å². The smallest absolute Gasteiger partial charge is 0.272 e. The van der Waals surface area contributed by atoms with Gasteiger partial charge in [0, 0.05) is 29.1 Å². The molecule has 0 saturated heterocycles. The van der Waals surface area contributed by atoms with Crippen molar-refractivity contribution < 1.29 is 9.59 Å². The predicted octanol–water partition coefficient (Wildman–Crippen LogP) is 1.87. The van der Waals surface area contributed by atoms with Gasteiger partial charge in [-0.3, -0.25) is 14.7 Å². The van der Waals surface area contributed by atoms with Crippen LogP contribution in [-0.2, 0) is 19.5 Å². The molecule has 0 aromatic carbocycles. The third kappa shape index (κ3) is 3.27. The number of fused-ring (bicyclic) bond motifs is 2. The van der Waals surface area contributed by atoms with Gasteiger partial charge in [-0.2, -0.15) is 5.10 Å². The van der Waals surface area contributed by atoms with Gasteiger partial charge in [0.2, 0.25) is 0 Å². The maximum Gasteiger partial charge on any atom is 0.272 e. The first kappa shape index (κ1) is 17.6. The van der Waals surface area contributed by atoms with Crippen LogP contribution in [0.3, 0.4) is 0 Å². The minimum atomic E-state index is -0.239. The molecule has 9 nitrogen and oxygen atoms in total. The van der Waals surface area contributed by atoms with E-state index >= 15 is 0 Å². The molecule has 4 aromatic heterocycles. The Morgan fingerprint density at radius 1 is 1.31 bits per heavy atom. The SMILES string of the molecule is O=C(NCc1cscn1)c1n[nH]c2c1CCN(C(=O)c1cc3cccnc3[nH]1)C2. The number of thiazole rings is 1. The molecule has 5 rings (SSSR count). The third-order valence-corrected chi connectivity index (χ3v) is 5.61. The summed E-state index contributed by atoms with van der Waals surface area (Å²) in [6.07, 6.45) is 2.25. The number of carbonyl (C=O) groups is 2. The van der Waals surface area contributed by atoms with E-state index in [2.05, 4.69) is 30.5 Å². The fraction of sp³-hybridized carbons (Fsp3) is 0.211. The first-order valence-electron chi connectivity index (χ1n) is 9.13. The van der Waals surface area contributed by atoms with Crippen molar-refractivity contribution in [1.29, 1.82) is 0 Å². The number of rotatable bonds is 4. The normalized spacial score (nSPS) is 13.4. The van der Waals surface area contributed by atoms with E-state index in [1.807, 2.05) is 23.6 Å². The van der Waals surface area contributed by atoms with Crippen molar-refractivity contribution in [1.82, 2.24) is 35.4 Å². The number of amides is 2. The summed E-state index contributed by atoms with van der Waals surface area (Å²) in [7, 11) is 0. The Morgan fingerprint density at radius 3 is 3.07 bits per heavy atom. The van der Waals surface area contributed by atoms with Crippen molar-refractivity contribution in [3.63, 3.8) is 0 Å². The lowest BCUT2D eigenvalue weighted by Crippen LogP contribution is -2.36. The molecule has 4 aromatic rings. The van der Waals surface area contributed by atoms with Crippen LogP contribution in [0.2, 0.25) is 0 Å². The number of aromatic nitrogens is 5. The monoisotopic (exact) mass is 407 g/mol. The maximum atomic E-state index is 12.9. The number of pyridine rings is 1. The molecule has 0 atom stereocenters. The van der Waals surface area contributed by atoms with E-state index in [9.17, 15) is 9.59 Å². The second-order valence-corrected chi connectivity index (χ2v) is 7.51. The molecule has 1 aliphatic heterocycles. The topological polar surface area (TPSA) is 120 Å². The van der Waals surface area contributed by atoms with Gasteiger partial charge in [-0.1, -0.05) is 0 Å². The fourth-order valence-corrected chi connectivity index (χ4v) is 4.06. The number of nitrogens with one attached hydrogen (secondary N) is 3. The van der Waals surface area contributed by atoms with Gasteiger partial charge in [0.05, 0.1) is 30.0 Å². The Morgan fingerprint density at radius 2 is 2.24 bits per heavy atom. The zero-order valence-corrected chi connectivity index (χ0v) is 16.1. The quantitative estimate of drug-likeness (QED) is 0.477. The molecule has 0 aliphatic carbocycles. The third-order valence-electron chi connectivity index (χ3n) is 4.97. The van der Waals surface area contributed by atoms with E-state index in [1.165, 1.54) is 11.3 Å². The van der Waals surface area contributed by atoms with Crippen LogP contribution in [-0.4, -0.2) is 48.4 Å². The fourth-order valence-electron chi connectivity index (χ4n) is 3.50. The van der Waals surface area contributed by atoms with Gasteiger partial charge < -0.3 is 15.2 Å². The van der Waals surface area contributed by atoms with Crippen molar-refractivity contribution in [2.45, 2.75) is 19.5 Å². The highest BCUT2D eigenvalue weighted by Crippen LogP contribution is 2.22. The minimum absolute atomic E-state index is 0.0993. The molecule has 5 heterocycles. The summed E-state index contributed by atoms with van der Waals surface area (Å²) >= 11 is 1.49. The molecular formula is C19H17N7O2S. The standard InChI is InChI=1S/C19H17N7O2S/c27-18(21-7-12-9-29-10-22-12)16-13-3-5-26(8-15(13)24-25-16)19(28)14-6-11-2-1-4-20-17(11)23-14/h1-2,4,6,9-10H,3,5,7-8H2,(H,20,23)(H,21,27)(H,24,25). The molecule has 1 aliphatic rings. The molecule has 0 spiro atoms. The van der Waals surface area contributed by atoms with Crippen LogP contribution in [0.5, 0.6) is 0 Å².